The van der Waals surface area contributed by atoms with E-state index in [0.717, 1.165) is 24.9 Å². The highest BCUT2D eigenvalue weighted by Crippen LogP contribution is 2.30. The molecule has 0 radical (unpaired) electrons. The van der Waals surface area contributed by atoms with Crippen LogP contribution >= 0.6 is 0 Å². The summed E-state index contributed by atoms with van der Waals surface area (Å²) in [6.07, 6.45) is 2.15. The van der Waals surface area contributed by atoms with Crippen molar-refractivity contribution in [2.45, 2.75) is 136 Å². The number of ether oxygens (including phenoxy) is 2. The Morgan fingerprint density at radius 1 is 0.902 bits per heavy atom. The van der Waals surface area contributed by atoms with Gasteiger partial charge in [-0.3, -0.25) is 24.1 Å². The van der Waals surface area contributed by atoms with Gasteiger partial charge in [0.05, 0.1) is 61.4 Å². The first kappa shape index (κ1) is 53.1. The van der Waals surface area contributed by atoms with Gasteiger partial charge in [-0.15, -0.1) is 0 Å². The molecule has 1 saturated heterocycles. The fourth-order valence-electron chi connectivity index (χ4n) is 8.39. The lowest BCUT2D eigenvalue weighted by molar-refractivity contribution is -0.146. The van der Waals surface area contributed by atoms with Gasteiger partial charge in [-0.1, -0.05) is 104 Å². The van der Waals surface area contributed by atoms with Gasteiger partial charge in [-0.25, -0.2) is 0 Å². The number of methoxy groups -OCH3 is 2. The van der Waals surface area contributed by atoms with Gasteiger partial charge < -0.3 is 40.3 Å². The molecule has 1 aliphatic heterocycles. The van der Waals surface area contributed by atoms with E-state index in [4.69, 9.17) is 9.47 Å². The summed E-state index contributed by atoms with van der Waals surface area (Å²) in [7, 11) is 8.65. The molecule has 2 aromatic carbocycles. The zero-order valence-electron chi connectivity index (χ0n) is 39.6. The van der Waals surface area contributed by atoms with Gasteiger partial charge in [0.15, 0.2) is 0 Å². The summed E-state index contributed by atoms with van der Waals surface area (Å²) in [6.45, 7) is 16.9. The first-order valence-electron chi connectivity index (χ1n) is 22.4. The van der Waals surface area contributed by atoms with Crippen LogP contribution in [-0.2, 0) is 35.1 Å². The number of likely N-dealkylation sites (tertiary alicyclic amines) is 1. The molecular weight excluding hydrogens is 773 g/mol. The molecule has 3 rings (SSSR count). The number of anilines is 1. The molecule has 344 valence electrons. The number of nitrogens with one attached hydrogen (secondary N) is 3. The van der Waals surface area contributed by atoms with Crippen molar-refractivity contribution in [2.24, 2.45) is 17.8 Å². The number of amides is 4. The van der Waals surface area contributed by atoms with Crippen LogP contribution in [0.5, 0.6) is 0 Å². The molecule has 1 fully saturated rings. The normalized spacial score (nSPS) is 17.8. The van der Waals surface area contributed by atoms with Crippen molar-refractivity contribution in [3.8, 4) is 0 Å². The quantitative estimate of drug-likeness (QED) is 0.107. The van der Waals surface area contributed by atoms with Crippen molar-refractivity contribution < 1.29 is 33.8 Å². The summed E-state index contributed by atoms with van der Waals surface area (Å²) in [6, 6.07) is 15.7. The van der Waals surface area contributed by atoms with E-state index in [0.29, 0.717) is 25.1 Å². The molecule has 1 heterocycles. The molecule has 0 saturated carbocycles. The lowest BCUT2D eigenvalue weighted by atomic mass is 9.90. The van der Waals surface area contributed by atoms with Crippen LogP contribution in [0.1, 0.15) is 105 Å². The summed E-state index contributed by atoms with van der Waals surface area (Å²) < 4.78 is 11.9. The number of aliphatic hydroxyl groups excluding tert-OH is 1. The van der Waals surface area contributed by atoms with Crippen molar-refractivity contribution in [1.82, 2.24) is 25.3 Å². The van der Waals surface area contributed by atoms with Crippen molar-refractivity contribution >= 4 is 29.3 Å². The number of nitrogens with zero attached hydrogens (tertiary/aromatic N) is 3. The van der Waals surface area contributed by atoms with Crippen LogP contribution in [0.2, 0.25) is 0 Å². The second kappa shape index (κ2) is 27.1. The van der Waals surface area contributed by atoms with Crippen molar-refractivity contribution in [3.05, 3.63) is 65.7 Å². The summed E-state index contributed by atoms with van der Waals surface area (Å²) >= 11 is 0. The first-order valence-corrected chi connectivity index (χ1v) is 22.4. The number of rotatable bonds is 23. The highest BCUT2D eigenvalue weighted by molar-refractivity contribution is 5.88. The van der Waals surface area contributed by atoms with Crippen LogP contribution in [0, 0.1) is 17.8 Å². The number of likely N-dealkylation sites (N-methyl/N-ethyl adjacent to an activating group) is 2. The predicted octanol–water partition coefficient (Wildman–Crippen LogP) is 5.92. The van der Waals surface area contributed by atoms with E-state index >= 15 is 0 Å². The van der Waals surface area contributed by atoms with Crippen molar-refractivity contribution in [1.29, 1.82) is 0 Å². The minimum Gasteiger partial charge on any atom is -0.388 e. The number of aliphatic hydroxyl groups is 1. The van der Waals surface area contributed by atoms with Gasteiger partial charge in [-0.2, -0.15) is 0 Å². The monoisotopic (exact) mass is 853 g/mol. The Hall–Kier alpha value is -4.04. The molecule has 4 N–H and O–H groups in total. The third kappa shape index (κ3) is 15.7. The molecule has 61 heavy (non-hydrogen) atoms. The standard InChI is InChI=1S/C45H72N6O7.C3H8/c1-12-30(4)41(50(9)39(53)28-47-45(56)40(29(2)3)49(8)26-24-33-20-22-35(46-7)23-21-33)37(57-10)27-38(52)51-25-16-19-36(51)43(58-11)31(5)44(55)48-32(6)42(54)34-17-14-13-15-18-34;1-3-2/h13-15,17-18,20-23,29-32,36-37,40-43,46,54H,12,16,19,24-28H2,1-11H3,(H,47,56)(H,48,55);3H2,1-2H3. The van der Waals surface area contributed by atoms with E-state index in [1.165, 1.54) is 12.0 Å². The van der Waals surface area contributed by atoms with E-state index in [9.17, 15) is 24.3 Å². The Labute approximate surface area is 367 Å². The van der Waals surface area contributed by atoms with Crippen LogP contribution in [0.25, 0.3) is 0 Å². The van der Waals surface area contributed by atoms with Gasteiger partial charge in [-0.05, 0) is 68.3 Å². The number of hydrogen-bond acceptors (Lipinski definition) is 9. The first-order chi connectivity index (χ1) is 29.0. The van der Waals surface area contributed by atoms with E-state index in [2.05, 4.69) is 41.9 Å². The molecule has 0 bridgehead atoms. The molecule has 2 aromatic rings. The second-order valence-electron chi connectivity index (χ2n) is 17.1. The second-order valence-corrected chi connectivity index (χ2v) is 17.1. The molecule has 4 amide bonds. The topological polar surface area (TPSA) is 153 Å². The van der Waals surface area contributed by atoms with Crippen molar-refractivity contribution in [3.63, 3.8) is 0 Å². The van der Waals surface area contributed by atoms with Gasteiger partial charge >= 0.3 is 0 Å². The Bertz CT molecular complexity index is 1590. The lowest BCUT2D eigenvalue weighted by Crippen LogP contribution is -2.55. The van der Waals surface area contributed by atoms with E-state index in [-0.39, 0.29) is 54.5 Å². The molecule has 0 spiro atoms. The Kier molecular flexibility index (Phi) is 23.6. The van der Waals surface area contributed by atoms with Crippen LogP contribution in [-0.4, -0.2) is 135 Å². The Balaban J connectivity index is 0.00000414. The minimum absolute atomic E-state index is 0.0156. The fourth-order valence-corrected chi connectivity index (χ4v) is 8.39. The maximum absolute atomic E-state index is 14.1. The maximum atomic E-state index is 14.1. The zero-order chi connectivity index (χ0) is 45.8. The van der Waals surface area contributed by atoms with E-state index in [1.54, 1.807) is 44.9 Å². The van der Waals surface area contributed by atoms with Gasteiger partial charge in [0.2, 0.25) is 23.6 Å². The predicted molar refractivity (Wildman–Crippen MR) is 245 cm³/mol. The van der Waals surface area contributed by atoms with Crippen LogP contribution in [0.3, 0.4) is 0 Å². The van der Waals surface area contributed by atoms with Gasteiger partial charge in [0.25, 0.3) is 0 Å². The summed E-state index contributed by atoms with van der Waals surface area (Å²) in [4.78, 5) is 60.5. The van der Waals surface area contributed by atoms with Crippen LogP contribution in [0.4, 0.5) is 5.69 Å². The van der Waals surface area contributed by atoms with Crippen LogP contribution in [0.15, 0.2) is 54.6 Å². The smallest absolute Gasteiger partial charge is 0.242 e. The average Bonchev–Trinajstić information content (AvgIpc) is 3.74. The molecule has 0 aromatic heterocycles. The molecule has 0 aliphatic carbocycles. The maximum Gasteiger partial charge on any atom is 0.242 e. The number of hydrogen-bond donors (Lipinski definition) is 4. The Morgan fingerprint density at radius 2 is 1.52 bits per heavy atom. The molecule has 1 aliphatic rings. The highest BCUT2D eigenvalue weighted by Gasteiger charge is 2.42. The number of carbonyl (C=O) groups is 4. The lowest BCUT2D eigenvalue weighted by Gasteiger charge is -2.39. The van der Waals surface area contributed by atoms with Gasteiger partial charge in [0, 0.05) is 47.1 Å². The third-order valence-electron chi connectivity index (χ3n) is 12.1. The van der Waals surface area contributed by atoms with Crippen molar-refractivity contribution in [2.75, 3.05) is 60.3 Å². The number of benzene rings is 2. The van der Waals surface area contributed by atoms with Crippen LogP contribution < -0.4 is 16.0 Å². The SMILES string of the molecule is CCC.CCC(C)C(C(CC(=O)N1CCCC1C(OC)C(C)C(=O)NC(C)C(O)c1ccccc1)OC)N(C)C(=O)CNC(=O)C(C(C)C)N(C)CCc1ccc(NC)cc1. The molecule has 13 nitrogen and oxygen atoms in total. The summed E-state index contributed by atoms with van der Waals surface area (Å²) in [5.41, 5.74) is 2.93. The van der Waals surface area contributed by atoms with E-state index in [1.807, 2.05) is 89.2 Å². The van der Waals surface area contributed by atoms with Gasteiger partial charge in [0.1, 0.15) is 0 Å². The minimum atomic E-state index is -0.879. The van der Waals surface area contributed by atoms with E-state index < -0.39 is 42.4 Å². The zero-order valence-corrected chi connectivity index (χ0v) is 39.6. The molecule has 9 unspecified atom stereocenters. The summed E-state index contributed by atoms with van der Waals surface area (Å²) in [5.74, 6) is -1.49. The Morgan fingerprint density at radius 3 is 2.07 bits per heavy atom. The highest BCUT2D eigenvalue weighted by atomic mass is 16.5. The summed E-state index contributed by atoms with van der Waals surface area (Å²) in [5, 5.41) is 19.8. The fraction of sp³-hybridized carbons (Fsp3) is 0.667. The molecule has 9 atom stereocenters. The molecule has 13 heteroatoms. The number of carbonyl (C=O) groups excluding carboxylic acids is 4. The molecular formula is C48H80N6O7. The average molecular weight is 853 g/mol. The largest absolute Gasteiger partial charge is 0.388 e. The third-order valence-corrected chi connectivity index (χ3v) is 12.1.